The van der Waals surface area contributed by atoms with E-state index >= 15 is 4.39 Å². The predicted octanol–water partition coefficient (Wildman–Crippen LogP) is 6.16. The number of fused-ring (bicyclic) bond motifs is 4. The lowest BCUT2D eigenvalue weighted by atomic mass is 9.89. The molecule has 4 atom stereocenters. The lowest BCUT2D eigenvalue weighted by molar-refractivity contribution is -0.137. The van der Waals surface area contributed by atoms with Crippen LogP contribution in [0.1, 0.15) is 87.7 Å². The Bertz CT molecular complexity index is 2830. The lowest BCUT2D eigenvalue weighted by Gasteiger charge is -2.26. The van der Waals surface area contributed by atoms with Gasteiger partial charge >= 0.3 is 18.1 Å². The number of ether oxygens (including phenoxy) is 2. The molecule has 2 aromatic heterocycles. The molecule has 4 aromatic rings. The van der Waals surface area contributed by atoms with E-state index in [9.17, 15) is 33.6 Å². The van der Waals surface area contributed by atoms with Crippen molar-refractivity contribution in [3.63, 3.8) is 0 Å². The number of carbonyl (C=O) groups excluding carboxylic acids is 7. The maximum atomic E-state index is 15.0. The zero-order valence-corrected chi connectivity index (χ0v) is 42.7. The van der Waals surface area contributed by atoms with Gasteiger partial charge in [0.2, 0.25) is 11.8 Å². The van der Waals surface area contributed by atoms with Gasteiger partial charge in [0.15, 0.2) is 5.78 Å². The molecule has 1 aliphatic carbocycles. The number of carbonyl (C=O) groups is 7. The SMILES string of the molecule is CNc1cc(F)cc2c1Cc1nc(Oc3ccc(C)nc3)nc(N3C[C@H]4CCN(C(=O)OCc5ccc(NC(=O)[C@H](CCCNC(N)=O)CC(=O)[C@@H](NC(=O)CCCCCN6C(=O)C=CC6=O)C(C)C)cc5)[C@H]4C3)c1-2. The van der Waals surface area contributed by atoms with Gasteiger partial charge in [0, 0.05) is 106 Å². The number of nitrogens with zero attached hydrogens (tertiary/aromatic N) is 6. The monoisotopic (exact) mass is 1030 g/mol. The number of ketones is 1. The van der Waals surface area contributed by atoms with E-state index in [1.54, 1.807) is 48.5 Å². The molecule has 75 heavy (non-hydrogen) atoms. The highest BCUT2D eigenvalue weighted by Gasteiger charge is 2.46. The van der Waals surface area contributed by atoms with Crippen molar-refractivity contribution in [2.45, 2.75) is 97.2 Å². The van der Waals surface area contributed by atoms with Crippen molar-refractivity contribution in [2.75, 3.05) is 55.3 Å². The molecule has 2 saturated heterocycles. The Balaban J connectivity index is 0.858. The molecule has 20 nitrogen and oxygen atoms in total. The van der Waals surface area contributed by atoms with E-state index in [0.717, 1.165) is 28.1 Å². The number of nitrogens with two attached hydrogens (primary N) is 1. The molecule has 0 unspecified atom stereocenters. The van der Waals surface area contributed by atoms with Gasteiger partial charge in [-0.3, -0.25) is 33.9 Å². The summed E-state index contributed by atoms with van der Waals surface area (Å²) < 4.78 is 27.0. The topological polar surface area (TPSA) is 260 Å². The summed E-state index contributed by atoms with van der Waals surface area (Å²) in [5.74, 6) is -2.02. The van der Waals surface area contributed by atoms with Crippen molar-refractivity contribution >= 4 is 58.7 Å². The molecule has 21 heteroatoms. The molecule has 0 spiro atoms. The van der Waals surface area contributed by atoms with Gasteiger partial charge in [0.1, 0.15) is 24.0 Å². The van der Waals surface area contributed by atoms with Crippen LogP contribution >= 0.6 is 0 Å². The van der Waals surface area contributed by atoms with Crippen molar-refractivity contribution < 1.29 is 47.4 Å². The molecule has 0 bridgehead atoms. The van der Waals surface area contributed by atoms with Gasteiger partial charge in [-0.15, -0.1) is 0 Å². The Morgan fingerprint density at radius 3 is 2.43 bits per heavy atom. The number of nitrogens with one attached hydrogen (secondary N) is 4. The molecular weight excluding hydrogens is 966 g/mol. The molecule has 2 fully saturated rings. The van der Waals surface area contributed by atoms with Crippen LogP contribution in [0.4, 0.5) is 31.2 Å². The largest absolute Gasteiger partial charge is 0.445 e. The Kier molecular flexibility index (Phi) is 17.0. The third kappa shape index (κ3) is 13.0. The first-order valence-corrected chi connectivity index (χ1v) is 25.5. The fourth-order valence-corrected chi connectivity index (χ4v) is 10.2. The van der Waals surface area contributed by atoms with Gasteiger partial charge in [-0.1, -0.05) is 32.4 Å². The van der Waals surface area contributed by atoms with Crippen LogP contribution in [0.2, 0.25) is 0 Å². The van der Waals surface area contributed by atoms with E-state index in [-0.39, 0.29) is 92.2 Å². The molecule has 396 valence electrons. The maximum absolute atomic E-state index is 15.0. The zero-order valence-electron chi connectivity index (χ0n) is 42.7. The average Bonchev–Trinajstić information content (AvgIpc) is 4.18. The molecule has 4 aliphatic rings. The fourth-order valence-electron chi connectivity index (χ4n) is 10.2. The van der Waals surface area contributed by atoms with Crippen LogP contribution in [0, 0.1) is 30.5 Å². The summed E-state index contributed by atoms with van der Waals surface area (Å²) in [6.45, 7) is 7.51. The smallest absolute Gasteiger partial charge is 0.410 e. The number of unbranched alkanes of at least 4 members (excludes halogenated alkanes) is 2. The van der Waals surface area contributed by atoms with Crippen LogP contribution < -0.4 is 36.6 Å². The van der Waals surface area contributed by atoms with E-state index in [4.69, 9.17) is 25.2 Å². The van der Waals surface area contributed by atoms with Crippen molar-refractivity contribution in [1.82, 2.24) is 35.4 Å². The lowest BCUT2D eigenvalue weighted by Crippen LogP contribution is -2.45. The number of pyridine rings is 1. The summed E-state index contributed by atoms with van der Waals surface area (Å²) in [5, 5.41) is 11.4. The molecule has 0 radical (unpaired) electrons. The first-order valence-electron chi connectivity index (χ1n) is 25.5. The normalized spacial score (nSPS) is 17.1. The Hall–Kier alpha value is -7.97. The molecule has 5 heterocycles. The number of likely N-dealkylation sites (tertiary alicyclic amines) is 1. The molecule has 8 rings (SSSR count). The minimum atomic E-state index is -0.851. The maximum Gasteiger partial charge on any atom is 0.410 e. The number of benzene rings is 2. The van der Waals surface area contributed by atoms with Crippen LogP contribution in [0.15, 0.2) is 66.9 Å². The van der Waals surface area contributed by atoms with Crippen LogP contribution in [-0.4, -0.2) is 118 Å². The highest BCUT2D eigenvalue weighted by Crippen LogP contribution is 2.47. The zero-order chi connectivity index (χ0) is 53.3. The van der Waals surface area contributed by atoms with E-state index < -0.39 is 30.0 Å². The van der Waals surface area contributed by atoms with E-state index in [1.165, 1.54) is 24.3 Å². The quantitative estimate of drug-likeness (QED) is 0.0363. The summed E-state index contributed by atoms with van der Waals surface area (Å²) in [7, 11) is 1.75. The summed E-state index contributed by atoms with van der Waals surface area (Å²) in [6, 6.07) is 11.9. The number of rotatable bonds is 23. The highest BCUT2D eigenvalue weighted by atomic mass is 19.1. The van der Waals surface area contributed by atoms with Crippen LogP contribution in [0.25, 0.3) is 11.1 Å². The Morgan fingerprint density at radius 2 is 1.72 bits per heavy atom. The second-order valence-corrected chi connectivity index (χ2v) is 19.8. The van der Waals surface area contributed by atoms with Crippen LogP contribution in [-0.2, 0) is 41.7 Å². The predicted molar refractivity (Wildman–Crippen MR) is 276 cm³/mol. The van der Waals surface area contributed by atoms with Gasteiger partial charge in [-0.2, -0.15) is 9.97 Å². The number of Topliss-reactive ketones (excluding diaryl/α,β-unsaturated/α-hetero) is 1. The number of anilines is 3. The third-order valence-corrected chi connectivity index (χ3v) is 14.2. The summed E-state index contributed by atoms with van der Waals surface area (Å²) in [5.41, 5.74) is 10.9. The number of imide groups is 1. The van der Waals surface area contributed by atoms with Gasteiger partial charge < -0.3 is 46.3 Å². The van der Waals surface area contributed by atoms with Gasteiger partial charge in [-0.05, 0) is 98.0 Å². The highest BCUT2D eigenvalue weighted by molar-refractivity contribution is 6.12. The number of amides is 7. The molecule has 6 N–H and O–H groups in total. The van der Waals surface area contributed by atoms with Gasteiger partial charge in [-0.25, -0.2) is 14.0 Å². The molecule has 3 aliphatic heterocycles. The summed E-state index contributed by atoms with van der Waals surface area (Å²) in [4.78, 5) is 108. The Morgan fingerprint density at radius 1 is 0.947 bits per heavy atom. The number of hydrogen-bond acceptors (Lipinski definition) is 14. The van der Waals surface area contributed by atoms with E-state index in [1.807, 2.05) is 26.8 Å². The van der Waals surface area contributed by atoms with E-state index in [0.29, 0.717) is 91.5 Å². The van der Waals surface area contributed by atoms with Crippen molar-refractivity contribution in [3.05, 3.63) is 95.2 Å². The molecule has 2 aromatic carbocycles. The minimum absolute atomic E-state index is 0.0283. The van der Waals surface area contributed by atoms with Gasteiger partial charge in [0.25, 0.3) is 11.8 Å². The Labute approximate surface area is 434 Å². The minimum Gasteiger partial charge on any atom is -0.445 e. The van der Waals surface area contributed by atoms with Crippen LogP contribution in [0.5, 0.6) is 11.8 Å². The third-order valence-electron chi connectivity index (χ3n) is 14.2. The fraction of sp³-hybridized carbons (Fsp3) is 0.444. The van der Waals surface area contributed by atoms with Gasteiger partial charge in [0.05, 0.1) is 24.0 Å². The first-order chi connectivity index (χ1) is 36.0. The second kappa shape index (κ2) is 23.9. The number of aryl methyl sites for hydroxylation is 1. The standard InChI is InChI=1S/C54H64FN11O9/c1-31(2)49(62-45(68)10-6-5-7-21-66-46(69)17-18-47(66)70)44(67)23-34(9-8-20-58-52(56)72)51(71)60-37-14-12-33(13-15-37)30-74-54(73)65-22-19-35-28-64(29-43(35)65)50-48-40-24-36(55)25-41(57-4)39(40)26-42(48)61-53(63-50)75-38-16-11-32(3)59-27-38/h11-18,24-25,27,31,34-35,43,49,57H,5-10,19-23,26,28-30H2,1-4H3,(H,60,71)(H,62,68)(H3,56,58,72)/t34-,35-,43+,49+/m1/s1. The number of urea groups is 1. The first kappa shape index (κ1) is 53.3. The van der Waals surface area contributed by atoms with Crippen molar-refractivity contribution in [2.24, 2.45) is 23.5 Å². The van der Waals surface area contributed by atoms with Crippen molar-refractivity contribution in [1.29, 1.82) is 0 Å². The van der Waals surface area contributed by atoms with E-state index in [2.05, 4.69) is 31.2 Å². The molecular formula is C54H64FN11O9. The number of primary amides is 1. The van der Waals surface area contributed by atoms with Crippen LogP contribution in [0.3, 0.4) is 0 Å². The average molecular weight is 1030 g/mol. The number of aromatic nitrogens is 3. The number of halogens is 1. The number of hydrogen-bond donors (Lipinski definition) is 5. The van der Waals surface area contributed by atoms with Crippen molar-refractivity contribution in [3.8, 4) is 22.9 Å². The molecule has 7 amide bonds. The molecule has 0 saturated carbocycles. The summed E-state index contributed by atoms with van der Waals surface area (Å²) in [6.07, 6.45) is 7.01. The summed E-state index contributed by atoms with van der Waals surface area (Å²) >= 11 is 0. The second-order valence-electron chi connectivity index (χ2n) is 19.8.